The van der Waals surface area contributed by atoms with Gasteiger partial charge in [-0.1, -0.05) is 19.4 Å². The molecule has 0 amide bonds. The number of carboxylic acids is 1. The summed E-state index contributed by atoms with van der Waals surface area (Å²) < 4.78 is 1.57. The molecule has 1 rings (SSSR count). The lowest BCUT2D eigenvalue weighted by Gasteiger charge is -1.96. The van der Waals surface area contributed by atoms with Crippen molar-refractivity contribution in [1.82, 2.24) is 9.78 Å². The Morgan fingerprint density at radius 1 is 1.71 bits per heavy atom. The summed E-state index contributed by atoms with van der Waals surface area (Å²) in [7, 11) is 1.73. The normalized spacial score (nSPS) is 11.0. The summed E-state index contributed by atoms with van der Waals surface area (Å²) in [5.74, 6) is -0.936. The first-order valence-electron chi connectivity index (χ1n) is 4.58. The van der Waals surface area contributed by atoms with Crippen LogP contribution in [0.15, 0.2) is 12.3 Å². The molecule has 0 fully saturated rings. The Morgan fingerprint density at radius 3 is 3.00 bits per heavy atom. The van der Waals surface area contributed by atoms with E-state index in [1.54, 1.807) is 17.8 Å². The Kier molecular flexibility index (Phi) is 3.45. The van der Waals surface area contributed by atoms with Gasteiger partial charge in [-0.25, -0.2) is 4.79 Å². The van der Waals surface area contributed by atoms with Gasteiger partial charge in [-0.15, -0.1) is 0 Å². The van der Waals surface area contributed by atoms with Crippen molar-refractivity contribution in [1.29, 1.82) is 0 Å². The van der Waals surface area contributed by atoms with E-state index in [2.05, 4.69) is 12.0 Å². The fourth-order valence-electron chi connectivity index (χ4n) is 1.17. The van der Waals surface area contributed by atoms with Crippen LogP contribution in [0.3, 0.4) is 0 Å². The molecule has 0 aliphatic rings. The van der Waals surface area contributed by atoms with Crippen LogP contribution in [0.1, 0.15) is 35.8 Å². The maximum absolute atomic E-state index is 10.8. The van der Waals surface area contributed by atoms with E-state index in [4.69, 9.17) is 5.11 Å². The van der Waals surface area contributed by atoms with Gasteiger partial charge < -0.3 is 5.11 Å². The van der Waals surface area contributed by atoms with Gasteiger partial charge in [0, 0.05) is 7.05 Å². The van der Waals surface area contributed by atoms with Gasteiger partial charge in [0.05, 0.1) is 11.9 Å². The molecule has 4 heteroatoms. The molecule has 0 bridgehead atoms. The van der Waals surface area contributed by atoms with Crippen molar-refractivity contribution < 1.29 is 9.90 Å². The van der Waals surface area contributed by atoms with Crippen LogP contribution in [0.25, 0.3) is 6.08 Å². The predicted molar refractivity (Wildman–Crippen MR) is 54.1 cm³/mol. The quantitative estimate of drug-likeness (QED) is 0.796. The number of hydrogen-bond donors (Lipinski definition) is 1. The number of carboxylic acid groups (broad SMARTS) is 1. The van der Waals surface area contributed by atoms with Crippen LogP contribution in [0.4, 0.5) is 0 Å². The molecule has 0 radical (unpaired) electrons. The molecule has 4 nitrogen and oxygen atoms in total. The zero-order chi connectivity index (χ0) is 10.6. The minimum atomic E-state index is -0.936. The molecular formula is C10H14N2O2. The average molecular weight is 194 g/mol. The summed E-state index contributed by atoms with van der Waals surface area (Å²) in [5, 5.41) is 12.7. The molecule has 0 aliphatic heterocycles. The number of nitrogens with zero attached hydrogens (tertiary/aromatic N) is 2. The maximum atomic E-state index is 10.8. The predicted octanol–water partition coefficient (Wildman–Crippen LogP) is 1.93. The molecule has 0 spiro atoms. The van der Waals surface area contributed by atoms with Gasteiger partial charge >= 0.3 is 5.97 Å². The largest absolute Gasteiger partial charge is 0.478 e. The molecule has 0 atom stereocenters. The molecule has 1 aromatic heterocycles. The molecule has 1 N–H and O–H groups in total. The van der Waals surface area contributed by atoms with Crippen molar-refractivity contribution in [2.45, 2.75) is 19.8 Å². The maximum Gasteiger partial charge on any atom is 0.339 e. The van der Waals surface area contributed by atoms with E-state index in [-0.39, 0.29) is 5.56 Å². The number of aryl methyl sites for hydroxylation is 1. The van der Waals surface area contributed by atoms with E-state index in [1.807, 2.05) is 6.08 Å². The molecule has 0 aromatic carbocycles. The van der Waals surface area contributed by atoms with Gasteiger partial charge in [0.1, 0.15) is 5.56 Å². The highest BCUT2D eigenvalue weighted by Gasteiger charge is 2.11. The smallest absolute Gasteiger partial charge is 0.339 e. The van der Waals surface area contributed by atoms with E-state index < -0.39 is 5.97 Å². The molecule has 0 unspecified atom stereocenters. The summed E-state index contributed by atoms with van der Waals surface area (Å²) in [6.45, 7) is 2.08. The monoisotopic (exact) mass is 194 g/mol. The van der Waals surface area contributed by atoms with Gasteiger partial charge in [0.2, 0.25) is 0 Å². The van der Waals surface area contributed by atoms with Crippen molar-refractivity contribution in [2.24, 2.45) is 7.05 Å². The Hall–Kier alpha value is -1.58. The Labute approximate surface area is 82.9 Å². The Balaban J connectivity index is 2.93. The summed E-state index contributed by atoms with van der Waals surface area (Å²) in [6, 6.07) is 0. The second-order valence-electron chi connectivity index (χ2n) is 3.06. The molecular weight excluding hydrogens is 180 g/mol. The van der Waals surface area contributed by atoms with Crippen molar-refractivity contribution in [2.75, 3.05) is 0 Å². The molecule has 14 heavy (non-hydrogen) atoms. The molecule has 1 heterocycles. The third-order valence-corrected chi connectivity index (χ3v) is 1.95. The van der Waals surface area contributed by atoms with Crippen molar-refractivity contribution in [3.8, 4) is 0 Å². The zero-order valence-corrected chi connectivity index (χ0v) is 8.40. The topological polar surface area (TPSA) is 55.1 Å². The van der Waals surface area contributed by atoms with E-state index in [9.17, 15) is 4.79 Å². The molecule has 0 saturated heterocycles. The third kappa shape index (κ3) is 2.22. The second kappa shape index (κ2) is 4.60. The van der Waals surface area contributed by atoms with E-state index >= 15 is 0 Å². The van der Waals surface area contributed by atoms with Crippen molar-refractivity contribution in [3.63, 3.8) is 0 Å². The van der Waals surface area contributed by atoms with Gasteiger partial charge in [-0.05, 0) is 12.5 Å². The van der Waals surface area contributed by atoms with Crippen LogP contribution < -0.4 is 0 Å². The van der Waals surface area contributed by atoms with E-state index in [0.717, 1.165) is 12.8 Å². The van der Waals surface area contributed by atoms with Gasteiger partial charge in [0.25, 0.3) is 0 Å². The number of aromatic carboxylic acids is 1. The second-order valence-corrected chi connectivity index (χ2v) is 3.06. The number of carbonyl (C=O) groups is 1. The molecule has 0 aliphatic carbocycles. The minimum absolute atomic E-state index is 0.250. The van der Waals surface area contributed by atoms with Crippen LogP contribution in [0.2, 0.25) is 0 Å². The third-order valence-electron chi connectivity index (χ3n) is 1.95. The number of rotatable bonds is 4. The fraction of sp³-hybridized carbons (Fsp3) is 0.400. The van der Waals surface area contributed by atoms with Crippen LogP contribution in [0.5, 0.6) is 0 Å². The highest BCUT2D eigenvalue weighted by Crippen LogP contribution is 2.10. The molecule has 1 aromatic rings. The van der Waals surface area contributed by atoms with Crippen molar-refractivity contribution in [3.05, 3.63) is 23.5 Å². The van der Waals surface area contributed by atoms with Crippen LogP contribution in [0, 0.1) is 0 Å². The van der Waals surface area contributed by atoms with Gasteiger partial charge in [-0.3, -0.25) is 4.68 Å². The lowest BCUT2D eigenvalue weighted by Crippen LogP contribution is -2.00. The lowest BCUT2D eigenvalue weighted by atomic mass is 10.2. The number of unbranched alkanes of at least 4 members (excludes halogenated alkanes) is 1. The first-order chi connectivity index (χ1) is 6.66. The fourth-order valence-corrected chi connectivity index (χ4v) is 1.17. The van der Waals surface area contributed by atoms with Crippen LogP contribution in [-0.4, -0.2) is 20.9 Å². The number of hydrogen-bond acceptors (Lipinski definition) is 2. The number of aromatic nitrogens is 2. The Morgan fingerprint density at radius 2 is 2.43 bits per heavy atom. The summed E-state index contributed by atoms with van der Waals surface area (Å²) in [6.07, 6.45) is 7.14. The van der Waals surface area contributed by atoms with Crippen LogP contribution in [-0.2, 0) is 7.05 Å². The Bertz CT molecular complexity index is 353. The molecule has 0 saturated carbocycles. The highest BCUT2D eigenvalue weighted by atomic mass is 16.4. The molecule has 76 valence electrons. The van der Waals surface area contributed by atoms with Gasteiger partial charge in [-0.2, -0.15) is 5.10 Å². The minimum Gasteiger partial charge on any atom is -0.478 e. The first kappa shape index (κ1) is 10.5. The summed E-state index contributed by atoms with van der Waals surface area (Å²) in [5.41, 5.74) is 0.894. The summed E-state index contributed by atoms with van der Waals surface area (Å²) >= 11 is 0. The average Bonchev–Trinajstić information content (AvgIpc) is 2.48. The standard InChI is InChI=1S/C10H14N2O2/c1-3-4-5-6-9-8(10(13)14)7-11-12(9)2/h5-7H,3-4H2,1-2H3,(H,13,14)/b6-5+. The zero-order valence-electron chi connectivity index (χ0n) is 8.40. The first-order valence-corrected chi connectivity index (χ1v) is 4.58. The van der Waals surface area contributed by atoms with Crippen LogP contribution >= 0.6 is 0 Å². The highest BCUT2D eigenvalue weighted by molar-refractivity contribution is 5.91. The number of allylic oxidation sites excluding steroid dienone is 1. The SMILES string of the molecule is CCC/C=C/c1c(C(=O)O)cnn1C. The van der Waals surface area contributed by atoms with E-state index in [0.29, 0.717) is 5.69 Å². The van der Waals surface area contributed by atoms with E-state index in [1.165, 1.54) is 6.20 Å². The summed E-state index contributed by atoms with van der Waals surface area (Å²) in [4.78, 5) is 10.8. The van der Waals surface area contributed by atoms with Crippen molar-refractivity contribution >= 4 is 12.0 Å². The lowest BCUT2D eigenvalue weighted by molar-refractivity contribution is 0.0696. The van der Waals surface area contributed by atoms with Gasteiger partial charge in [0.15, 0.2) is 0 Å².